The van der Waals surface area contributed by atoms with E-state index in [0.29, 0.717) is 27.3 Å². The van der Waals surface area contributed by atoms with Gasteiger partial charge in [-0.3, -0.25) is 14.4 Å². The topological polar surface area (TPSA) is 81.7 Å². The third kappa shape index (κ3) is 6.50. The third-order valence-corrected chi connectivity index (χ3v) is 4.49. The number of carbonyl (C=O) groups excluding carboxylic acids is 3. The van der Waals surface area contributed by atoms with Crippen LogP contribution < -0.4 is 10.1 Å². The van der Waals surface area contributed by atoms with Crippen molar-refractivity contribution in [3.05, 3.63) is 45.6 Å². The van der Waals surface area contributed by atoms with Crippen LogP contribution in [0, 0.1) is 0 Å². The summed E-state index contributed by atoms with van der Waals surface area (Å²) in [7, 11) is 0. The summed E-state index contributed by atoms with van der Waals surface area (Å²) in [6.07, 6.45) is -0.0825. The first-order chi connectivity index (χ1) is 12.5. The SMILES string of the molecule is CCOc1ccc(NC(=O)COC(=O)CCC(=O)c2ccc(Cl)s2)cc1. The van der Waals surface area contributed by atoms with Crippen molar-refractivity contribution in [2.75, 3.05) is 18.5 Å². The Morgan fingerprint density at radius 3 is 2.42 bits per heavy atom. The molecule has 1 amide bonds. The fourth-order valence-electron chi connectivity index (χ4n) is 2.02. The summed E-state index contributed by atoms with van der Waals surface area (Å²) in [4.78, 5) is 35.8. The first kappa shape index (κ1) is 19.9. The minimum atomic E-state index is -0.608. The predicted molar refractivity (Wildman–Crippen MR) is 100 cm³/mol. The Kier molecular flexibility index (Phi) is 7.62. The first-order valence-electron chi connectivity index (χ1n) is 7.95. The summed E-state index contributed by atoms with van der Waals surface area (Å²) in [6, 6.07) is 10.1. The summed E-state index contributed by atoms with van der Waals surface area (Å²) in [5.41, 5.74) is 0.569. The number of esters is 1. The van der Waals surface area contributed by atoms with Crippen LogP contribution in [0.1, 0.15) is 29.4 Å². The van der Waals surface area contributed by atoms with Crippen LogP contribution in [0.3, 0.4) is 0 Å². The predicted octanol–water partition coefficient (Wildman–Crippen LogP) is 3.95. The molecule has 0 fully saturated rings. The van der Waals surface area contributed by atoms with Crippen molar-refractivity contribution in [2.45, 2.75) is 19.8 Å². The minimum Gasteiger partial charge on any atom is -0.494 e. The molecule has 0 saturated carbocycles. The van der Waals surface area contributed by atoms with Gasteiger partial charge < -0.3 is 14.8 Å². The maximum absolute atomic E-state index is 11.9. The largest absolute Gasteiger partial charge is 0.494 e. The lowest BCUT2D eigenvalue weighted by Gasteiger charge is -2.08. The fourth-order valence-corrected chi connectivity index (χ4v) is 3.03. The van der Waals surface area contributed by atoms with Gasteiger partial charge in [-0.15, -0.1) is 11.3 Å². The van der Waals surface area contributed by atoms with Gasteiger partial charge in [0, 0.05) is 12.1 Å². The van der Waals surface area contributed by atoms with Gasteiger partial charge in [0.25, 0.3) is 5.91 Å². The quantitative estimate of drug-likeness (QED) is 0.513. The number of benzene rings is 1. The van der Waals surface area contributed by atoms with Gasteiger partial charge in [-0.05, 0) is 43.3 Å². The molecule has 1 heterocycles. The Balaban J connectivity index is 1.69. The van der Waals surface area contributed by atoms with E-state index in [0.717, 1.165) is 11.3 Å². The monoisotopic (exact) mass is 395 g/mol. The molecule has 0 spiro atoms. The van der Waals surface area contributed by atoms with Crippen molar-refractivity contribution in [3.8, 4) is 5.75 Å². The number of Topliss-reactive ketones (excluding diaryl/α,β-unsaturated/α-hetero) is 1. The van der Waals surface area contributed by atoms with Gasteiger partial charge in [0.05, 0.1) is 22.2 Å². The number of hydrogen-bond donors (Lipinski definition) is 1. The van der Waals surface area contributed by atoms with Crippen LogP contribution in [0.4, 0.5) is 5.69 Å². The maximum Gasteiger partial charge on any atom is 0.306 e. The average molecular weight is 396 g/mol. The molecule has 8 heteroatoms. The van der Waals surface area contributed by atoms with Gasteiger partial charge >= 0.3 is 5.97 Å². The minimum absolute atomic E-state index is 0.0101. The third-order valence-electron chi connectivity index (χ3n) is 3.22. The Morgan fingerprint density at radius 1 is 1.08 bits per heavy atom. The number of carbonyl (C=O) groups is 3. The second-order valence-electron chi connectivity index (χ2n) is 5.19. The zero-order chi connectivity index (χ0) is 18.9. The molecule has 0 bridgehead atoms. The van der Waals surface area contributed by atoms with Crippen molar-refractivity contribution < 1.29 is 23.9 Å². The Hall–Kier alpha value is -2.38. The lowest BCUT2D eigenvalue weighted by Crippen LogP contribution is -2.21. The molecule has 0 aliphatic rings. The average Bonchev–Trinajstić information content (AvgIpc) is 3.06. The van der Waals surface area contributed by atoms with E-state index in [4.69, 9.17) is 21.1 Å². The molecule has 0 aliphatic carbocycles. The number of amides is 1. The van der Waals surface area contributed by atoms with Gasteiger partial charge in [-0.1, -0.05) is 11.6 Å². The molecule has 0 atom stereocenters. The number of nitrogens with one attached hydrogen (secondary N) is 1. The van der Waals surface area contributed by atoms with E-state index in [1.54, 1.807) is 36.4 Å². The van der Waals surface area contributed by atoms with Crippen LogP contribution >= 0.6 is 22.9 Å². The highest BCUT2D eigenvalue weighted by molar-refractivity contribution is 7.18. The van der Waals surface area contributed by atoms with Gasteiger partial charge in [-0.25, -0.2) is 0 Å². The first-order valence-corrected chi connectivity index (χ1v) is 9.14. The van der Waals surface area contributed by atoms with E-state index in [1.807, 2.05) is 6.92 Å². The number of halogens is 1. The molecule has 26 heavy (non-hydrogen) atoms. The van der Waals surface area contributed by atoms with E-state index in [-0.39, 0.29) is 18.6 Å². The van der Waals surface area contributed by atoms with Crippen molar-refractivity contribution in [2.24, 2.45) is 0 Å². The molecule has 6 nitrogen and oxygen atoms in total. The van der Waals surface area contributed by atoms with E-state index in [9.17, 15) is 14.4 Å². The lowest BCUT2D eigenvalue weighted by molar-refractivity contribution is -0.147. The Bertz CT molecular complexity index is 772. The van der Waals surface area contributed by atoms with E-state index >= 15 is 0 Å². The van der Waals surface area contributed by atoms with E-state index < -0.39 is 18.5 Å². The van der Waals surface area contributed by atoms with Crippen LogP contribution in [-0.4, -0.2) is 30.9 Å². The smallest absolute Gasteiger partial charge is 0.306 e. The van der Waals surface area contributed by atoms with Crippen LogP contribution in [0.2, 0.25) is 4.34 Å². The standard InChI is InChI=1S/C18H18ClNO5S/c1-2-24-13-5-3-12(4-6-13)20-17(22)11-25-18(23)10-7-14(21)15-8-9-16(19)26-15/h3-6,8-9H,2,7,10-11H2,1H3,(H,20,22). The number of hydrogen-bond acceptors (Lipinski definition) is 6. The highest BCUT2D eigenvalue weighted by atomic mass is 35.5. The van der Waals surface area contributed by atoms with Crippen LogP contribution in [-0.2, 0) is 14.3 Å². The van der Waals surface area contributed by atoms with Crippen LogP contribution in [0.15, 0.2) is 36.4 Å². The highest BCUT2D eigenvalue weighted by Gasteiger charge is 2.13. The van der Waals surface area contributed by atoms with Gasteiger partial charge in [-0.2, -0.15) is 0 Å². The molecule has 2 aromatic rings. The molecule has 1 N–H and O–H groups in total. The maximum atomic E-state index is 11.9. The van der Waals surface area contributed by atoms with Gasteiger partial charge in [0.15, 0.2) is 12.4 Å². The summed E-state index contributed by atoms with van der Waals surface area (Å²) in [5, 5.41) is 2.61. The zero-order valence-electron chi connectivity index (χ0n) is 14.1. The fraction of sp³-hybridized carbons (Fsp3) is 0.278. The van der Waals surface area contributed by atoms with Gasteiger partial charge in [0.1, 0.15) is 5.75 Å². The number of ether oxygens (including phenoxy) is 2. The zero-order valence-corrected chi connectivity index (χ0v) is 15.7. The van der Waals surface area contributed by atoms with Crippen LogP contribution in [0.25, 0.3) is 0 Å². The highest BCUT2D eigenvalue weighted by Crippen LogP contribution is 2.23. The molecular weight excluding hydrogens is 378 g/mol. The molecule has 0 saturated heterocycles. The van der Waals surface area contributed by atoms with Crippen LogP contribution in [0.5, 0.6) is 5.75 Å². The molecular formula is C18H18ClNO5S. The van der Waals surface area contributed by atoms with Crippen molar-refractivity contribution in [1.29, 1.82) is 0 Å². The van der Waals surface area contributed by atoms with Crippen molar-refractivity contribution >= 4 is 46.3 Å². The second kappa shape index (κ2) is 9.94. The Labute approximate surface area is 160 Å². The summed E-state index contributed by atoms with van der Waals surface area (Å²) < 4.78 is 10.7. The molecule has 1 aromatic heterocycles. The Morgan fingerprint density at radius 2 is 1.81 bits per heavy atom. The number of ketones is 1. The molecule has 0 radical (unpaired) electrons. The number of thiophene rings is 1. The molecule has 1 aromatic carbocycles. The second-order valence-corrected chi connectivity index (χ2v) is 6.91. The van der Waals surface area contributed by atoms with Crippen molar-refractivity contribution in [1.82, 2.24) is 0 Å². The summed E-state index contributed by atoms with van der Waals surface area (Å²) >= 11 is 6.93. The summed E-state index contributed by atoms with van der Waals surface area (Å²) in [5.74, 6) is -0.548. The van der Waals surface area contributed by atoms with E-state index in [2.05, 4.69) is 5.32 Å². The van der Waals surface area contributed by atoms with Crippen molar-refractivity contribution in [3.63, 3.8) is 0 Å². The number of rotatable bonds is 9. The normalized spacial score (nSPS) is 10.2. The number of anilines is 1. The molecule has 0 unspecified atom stereocenters. The lowest BCUT2D eigenvalue weighted by atomic mass is 10.2. The molecule has 2 rings (SSSR count). The summed E-state index contributed by atoms with van der Waals surface area (Å²) in [6.45, 7) is 2.03. The molecule has 0 aliphatic heterocycles. The van der Waals surface area contributed by atoms with Gasteiger partial charge in [0.2, 0.25) is 0 Å². The van der Waals surface area contributed by atoms with E-state index in [1.165, 1.54) is 0 Å². The molecule has 138 valence electrons.